The number of nitrogens with zero attached hydrogens (tertiary/aromatic N) is 5. The maximum Gasteiger partial charge on any atom is 0.335 e. The summed E-state index contributed by atoms with van der Waals surface area (Å²) in [7, 11) is 0. The number of aromatic amines is 1. The van der Waals surface area contributed by atoms with Crippen molar-refractivity contribution in [1.82, 2.24) is 34.8 Å². The smallest absolute Gasteiger partial charge is 0.335 e. The van der Waals surface area contributed by atoms with E-state index in [1.54, 1.807) is 12.4 Å². The number of hydrogen-bond acceptors (Lipinski definition) is 9. The predicted octanol–water partition coefficient (Wildman–Crippen LogP) is 7.49. The number of pyridine rings is 1. The summed E-state index contributed by atoms with van der Waals surface area (Å²) in [5.41, 5.74) is 11.3. The van der Waals surface area contributed by atoms with Crippen molar-refractivity contribution in [2.24, 2.45) is 0 Å². The van der Waals surface area contributed by atoms with E-state index >= 15 is 0 Å². The second-order valence-corrected chi connectivity index (χ2v) is 13.5. The first-order valence-electron chi connectivity index (χ1n) is 18.4. The van der Waals surface area contributed by atoms with Gasteiger partial charge in [-0.2, -0.15) is 0 Å². The molecule has 6 aromatic rings. The van der Waals surface area contributed by atoms with Crippen LogP contribution >= 0.6 is 0 Å². The maximum atomic E-state index is 14.0. The zero-order valence-corrected chi connectivity index (χ0v) is 30.6. The van der Waals surface area contributed by atoms with Gasteiger partial charge in [0, 0.05) is 66.2 Å². The molecule has 0 radical (unpaired) electrons. The predicted molar refractivity (Wildman–Crippen MR) is 209 cm³/mol. The number of rotatable bonds is 18. The van der Waals surface area contributed by atoms with Crippen molar-refractivity contribution in [1.29, 1.82) is 0 Å². The number of unbranched alkanes of at least 4 members (excludes halogenated alkanes) is 3. The van der Waals surface area contributed by atoms with Crippen molar-refractivity contribution in [3.8, 4) is 17.1 Å². The second-order valence-electron chi connectivity index (χ2n) is 13.5. The van der Waals surface area contributed by atoms with Crippen molar-refractivity contribution in [3.05, 3.63) is 103 Å². The van der Waals surface area contributed by atoms with Gasteiger partial charge in [0.2, 0.25) is 5.91 Å². The number of H-pyrrole nitrogens is 1. The van der Waals surface area contributed by atoms with E-state index in [0.717, 1.165) is 66.9 Å². The van der Waals surface area contributed by atoms with Gasteiger partial charge in [-0.05, 0) is 99.9 Å². The van der Waals surface area contributed by atoms with Crippen LogP contribution in [0.2, 0.25) is 0 Å². The molecule has 0 aliphatic carbocycles. The zero-order valence-electron chi connectivity index (χ0n) is 30.6. The number of carbonyl (C=O) groups is 2. The molecule has 280 valence electrons. The molecule has 2 aromatic carbocycles. The minimum atomic E-state index is -0.465. The standard InChI is InChI=1S/C41H46FN9O3/c1-27(2)51-26-48-38-40(49-39(50-41(38)51)30-21-31(42)25-44-23-30)46-20-18-29-24-47-35-17-16-33(22-34(29)35)54-37(53)11-6-4-3-5-7-19-45-36(52)10-8-9-28-12-14-32(43)15-13-28/h6,11-17,21-27,47H,3-5,7-10,18-20,43H2,1-2H3,(H,45,52)(H,46,49,50)/b11-6+. The Bertz CT molecular complexity index is 2230. The highest BCUT2D eigenvalue weighted by Gasteiger charge is 2.17. The Kier molecular flexibility index (Phi) is 12.6. The molecular weight excluding hydrogens is 686 g/mol. The van der Waals surface area contributed by atoms with E-state index in [2.05, 4.69) is 25.6 Å². The number of aromatic nitrogens is 6. The Balaban J connectivity index is 0.947. The summed E-state index contributed by atoms with van der Waals surface area (Å²) in [6.07, 6.45) is 15.9. The average Bonchev–Trinajstić information content (AvgIpc) is 3.78. The van der Waals surface area contributed by atoms with Gasteiger partial charge in [-0.3, -0.25) is 9.78 Å². The summed E-state index contributed by atoms with van der Waals surface area (Å²) in [5, 5.41) is 7.34. The van der Waals surface area contributed by atoms with Crippen LogP contribution in [0.25, 0.3) is 33.5 Å². The Morgan fingerprint density at radius 2 is 1.85 bits per heavy atom. The van der Waals surface area contributed by atoms with Gasteiger partial charge in [-0.15, -0.1) is 0 Å². The first-order valence-corrected chi connectivity index (χ1v) is 18.4. The van der Waals surface area contributed by atoms with E-state index in [4.69, 9.17) is 20.4 Å². The molecule has 4 aromatic heterocycles. The normalized spacial score (nSPS) is 11.6. The van der Waals surface area contributed by atoms with Crippen molar-refractivity contribution in [2.45, 2.75) is 71.3 Å². The van der Waals surface area contributed by atoms with Crippen LogP contribution in [-0.4, -0.2) is 54.5 Å². The lowest BCUT2D eigenvalue weighted by Gasteiger charge is -2.11. The third-order valence-corrected chi connectivity index (χ3v) is 9.06. The molecular formula is C41H46FN9O3. The number of nitrogens with two attached hydrogens (primary N) is 1. The first kappa shape index (κ1) is 37.6. The summed E-state index contributed by atoms with van der Waals surface area (Å²) in [6.45, 7) is 5.26. The van der Waals surface area contributed by atoms with Crippen LogP contribution in [0.4, 0.5) is 15.9 Å². The summed E-state index contributed by atoms with van der Waals surface area (Å²) < 4.78 is 21.6. The van der Waals surface area contributed by atoms with E-state index in [-0.39, 0.29) is 11.9 Å². The fourth-order valence-electron chi connectivity index (χ4n) is 6.17. The van der Waals surface area contributed by atoms with Crippen molar-refractivity contribution in [3.63, 3.8) is 0 Å². The number of allylic oxidation sites excluding steroid dienone is 1. The number of imidazole rings is 1. The fraction of sp³-hybridized carbons (Fsp3) is 0.317. The number of aryl methyl sites for hydroxylation is 1. The summed E-state index contributed by atoms with van der Waals surface area (Å²) in [6, 6.07) is 14.8. The maximum absolute atomic E-state index is 14.0. The van der Waals surface area contributed by atoms with Gasteiger partial charge >= 0.3 is 5.97 Å². The van der Waals surface area contributed by atoms with Crippen LogP contribution in [0, 0.1) is 5.82 Å². The number of esters is 1. The molecule has 0 spiro atoms. The highest BCUT2D eigenvalue weighted by atomic mass is 19.1. The van der Waals surface area contributed by atoms with Crippen LogP contribution in [0.3, 0.4) is 0 Å². The number of halogens is 1. The number of hydrogen-bond donors (Lipinski definition) is 4. The third kappa shape index (κ3) is 10.1. The number of fused-ring (bicyclic) bond motifs is 2. The monoisotopic (exact) mass is 731 g/mol. The molecule has 13 heteroatoms. The van der Waals surface area contributed by atoms with Gasteiger partial charge in [0.15, 0.2) is 17.3 Å². The number of amides is 1. The van der Waals surface area contributed by atoms with Gasteiger partial charge in [-0.1, -0.05) is 24.6 Å². The molecule has 12 nitrogen and oxygen atoms in total. The summed E-state index contributed by atoms with van der Waals surface area (Å²) in [4.78, 5) is 45.9. The number of nitrogen functional groups attached to an aromatic ring is 1. The largest absolute Gasteiger partial charge is 0.423 e. The second kappa shape index (κ2) is 18.1. The number of anilines is 2. The molecule has 1 amide bonds. The number of ether oxygens (including phenoxy) is 1. The first-order chi connectivity index (χ1) is 26.2. The van der Waals surface area contributed by atoms with Crippen LogP contribution in [0.1, 0.15) is 69.5 Å². The van der Waals surface area contributed by atoms with Gasteiger partial charge in [0.25, 0.3) is 0 Å². The fourth-order valence-corrected chi connectivity index (χ4v) is 6.17. The van der Waals surface area contributed by atoms with E-state index in [0.29, 0.717) is 60.1 Å². The molecule has 4 heterocycles. The summed E-state index contributed by atoms with van der Waals surface area (Å²) >= 11 is 0. The number of carbonyl (C=O) groups excluding carboxylic acids is 2. The van der Waals surface area contributed by atoms with E-state index < -0.39 is 11.8 Å². The minimum absolute atomic E-state index is 0.0729. The Morgan fingerprint density at radius 3 is 2.67 bits per heavy atom. The van der Waals surface area contributed by atoms with E-state index in [1.165, 1.54) is 23.9 Å². The molecule has 0 atom stereocenters. The molecule has 6 rings (SSSR count). The van der Waals surface area contributed by atoms with Gasteiger partial charge in [0.05, 0.1) is 12.5 Å². The highest BCUT2D eigenvalue weighted by molar-refractivity contribution is 5.88. The molecule has 0 bridgehead atoms. The van der Waals surface area contributed by atoms with Crippen molar-refractivity contribution < 1.29 is 18.7 Å². The average molecular weight is 732 g/mol. The van der Waals surface area contributed by atoms with Gasteiger partial charge < -0.3 is 30.7 Å². The molecule has 5 N–H and O–H groups in total. The molecule has 0 fully saturated rings. The minimum Gasteiger partial charge on any atom is -0.423 e. The Labute approximate surface area is 313 Å². The van der Waals surface area contributed by atoms with Crippen LogP contribution < -0.4 is 21.1 Å². The lowest BCUT2D eigenvalue weighted by molar-refractivity contribution is -0.129. The SMILES string of the molecule is CC(C)n1cnc2c(NCCc3c[nH]c4ccc(OC(=O)/C=C/CCCCCNC(=O)CCCc5ccc(N)cc5)cc34)nc(-c3cncc(F)c3)nc21. The number of nitrogens with one attached hydrogen (secondary N) is 3. The molecule has 0 unspecified atom stereocenters. The van der Waals surface area contributed by atoms with Gasteiger partial charge in [-0.25, -0.2) is 24.1 Å². The van der Waals surface area contributed by atoms with E-state index in [9.17, 15) is 14.0 Å². The molecule has 54 heavy (non-hydrogen) atoms. The summed E-state index contributed by atoms with van der Waals surface area (Å²) in [5.74, 6) is 0.531. The third-order valence-electron chi connectivity index (χ3n) is 9.06. The van der Waals surface area contributed by atoms with Gasteiger partial charge in [0.1, 0.15) is 17.1 Å². The molecule has 0 aliphatic rings. The number of benzene rings is 2. The topological polar surface area (TPSA) is 166 Å². The zero-order chi connectivity index (χ0) is 37.9. The van der Waals surface area contributed by atoms with Crippen LogP contribution in [0.15, 0.2) is 85.6 Å². The molecule has 0 aliphatic heterocycles. The van der Waals surface area contributed by atoms with Crippen molar-refractivity contribution in [2.75, 3.05) is 24.1 Å². The van der Waals surface area contributed by atoms with Crippen LogP contribution in [-0.2, 0) is 22.4 Å². The quantitative estimate of drug-likeness (QED) is 0.0230. The van der Waals surface area contributed by atoms with E-state index in [1.807, 2.05) is 67.1 Å². The highest BCUT2D eigenvalue weighted by Crippen LogP contribution is 2.27. The molecule has 0 saturated heterocycles. The van der Waals surface area contributed by atoms with Crippen molar-refractivity contribution >= 4 is 45.4 Å². The lowest BCUT2D eigenvalue weighted by atomic mass is 10.1. The Morgan fingerprint density at radius 1 is 1.00 bits per heavy atom. The Hall–Kier alpha value is -6.11. The lowest BCUT2D eigenvalue weighted by Crippen LogP contribution is -2.24. The molecule has 0 saturated carbocycles. The van der Waals surface area contributed by atoms with Crippen LogP contribution in [0.5, 0.6) is 5.75 Å².